The Morgan fingerprint density at radius 2 is 2.11 bits per heavy atom. The van der Waals surface area contributed by atoms with Crippen molar-refractivity contribution < 1.29 is 14.3 Å². The van der Waals surface area contributed by atoms with Gasteiger partial charge in [-0.05, 0) is 23.6 Å². The van der Waals surface area contributed by atoms with Crippen molar-refractivity contribution in [2.75, 3.05) is 20.3 Å². The Morgan fingerprint density at radius 3 is 2.68 bits per heavy atom. The van der Waals surface area contributed by atoms with Gasteiger partial charge in [-0.2, -0.15) is 0 Å². The second-order valence-electron chi connectivity index (χ2n) is 4.68. The second-order valence-corrected chi connectivity index (χ2v) is 4.68. The average Bonchev–Trinajstić information content (AvgIpc) is 2.42. The summed E-state index contributed by atoms with van der Waals surface area (Å²) in [5.41, 5.74) is 6.50. The molecule has 0 saturated carbocycles. The molecule has 0 aromatic heterocycles. The predicted octanol–water partition coefficient (Wildman–Crippen LogP) is 1.30. The predicted molar refractivity (Wildman–Crippen MR) is 74.2 cm³/mol. The monoisotopic (exact) mass is 266 g/mol. The van der Waals surface area contributed by atoms with Crippen LogP contribution in [0.15, 0.2) is 18.2 Å². The van der Waals surface area contributed by atoms with Crippen LogP contribution in [0.5, 0.6) is 11.5 Å². The Labute approximate surface area is 114 Å². The van der Waals surface area contributed by atoms with Gasteiger partial charge in [0.2, 0.25) is 0 Å². The number of carbonyl (C=O) groups excluding carboxylic acids is 1. The lowest BCUT2D eigenvalue weighted by atomic mass is 10.2. The van der Waals surface area contributed by atoms with Gasteiger partial charge in [0.25, 0.3) is 5.91 Å². The lowest BCUT2D eigenvalue weighted by Gasteiger charge is -2.12. The van der Waals surface area contributed by atoms with Crippen molar-refractivity contribution >= 4 is 5.91 Å². The highest BCUT2D eigenvalue weighted by Gasteiger charge is 2.08. The number of carbonyl (C=O) groups is 1. The molecule has 0 bridgehead atoms. The molecule has 19 heavy (non-hydrogen) atoms. The lowest BCUT2D eigenvalue weighted by molar-refractivity contribution is -0.123. The van der Waals surface area contributed by atoms with Crippen LogP contribution in [0, 0.1) is 5.92 Å². The Bertz CT molecular complexity index is 419. The van der Waals surface area contributed by atoms with Gasteiger partial charge in [0.05, 0.1) is 7.11 Å². The maximum absolute atomic E-state index is 11.6. The Morgan fingerprint density at radius 1 is 1.37 bits per heavy atom. The number of hydrogen-bond donors (Lipinski definition) is 2. The van der Waals surface area contributed by atoms with E-state index in [2.05, 4.69) is 5.32 Å². The van der Waals surface area contributed by atoms with Gasteiger partial charge < -0.3 is 20.5 Å². The van der Waals surface area contributed by atoms with Gasteiger partial charge in [-0.1, -0.05) is 19.9 Å². The number of amides is 1. The number of ether oxygens (including phenoxy) is 2. The summed E-state index contributed by atoms with van der Waals surface area (Å²) in [4.78, 5) is 11.6. The molecule has 1 rings (SSSR count). The number of nitrogens with two attached hydrogens (primary N) is 1. The molecule has 0 aliphatic rings. The van der Waals surface area contributed by atoms with E-state index in [4.69, 9.17) is 15.2 Å². The van der Waals surface area contributed by atoms with Crippen LogP contribution >= 0.6 is 0 Å². The molecule has 3 N–H and O–H groups in total. The summed E-state index contributed by atoms with van der Waals surface area (Å²) in [5.74, 6) is 1.40. The summed E-state index contributed by atoms with van der Waals surface area (Å²) in [5, 5.41) is 2.79. The fourth-order valence-electron chi connectivity index (χ4n) is 1.47. The van der Waals surface area contributed by atoms with Gasteiger partial charge >= 0.3 is 0 Å². The summed E-state index contributed by atoms with van der Waals surface area (Å²) < 4.78 is 10.6. The van der Waals surface area contributed by atoms with Crippen molar-refractivity contribution in [3.05, 3.63) is 23.8 Å². The Balaban J connectivity index is 2.58. The first kappa shape index (κ1) is 15.3. The first-order valence-corrected chi connectivity index (χ1v) is 6.33. The largest absolute Gasteiger partial charge is 0.493 e. The van der Waals surface area contributed by atoms with Gasteiger partial charge in [-0.15, -0.1) is 0 Å². The number of nitrogens with one attached hydrogen (secondary N) is 1. The molecule has 106 valence electrons. The fourth-order valence-corrected chi connectivity index (χ4v) is 1.47. The van der Waals surface area contributed by atoms with Gasteiger partial charge in [0.1, 0.15) is 0 Å². The molecule has 0 aliphatic carbocycles. The van der Waals surface area contributed by atoms with E-state index in [9.17, 15) is 4.79 Å². The SMILES string of the molecule is COc1ccc(CN)cc1OCC(=O)NCC(C)C. The van der Waals surface area contributed by atoms with Crippen LogP contribution in [0.1, 0.15) is 19.4 Å². The zero-order chi connectivity index (χ0) is 14.3. The highest BCUT2D eigenvalue weighted by atomic mass is 16.5. The van der Waals surface area contributed by atoms with Gasteiger partial charge in [-0.25, -0.2) is 0 Å². The zero-order valence-electron chi connectivity index (χ0n) is 11.7. The molecule has 1 amide bonds. The number of rotatable bonds is 7. The van der Waals surface area contributed by atoms with E-state index < -0.39 is 0 Å². The second kappa shape index (κ2) is 7.63. The third-order valence-corrected chi connectivity index (χ3v) is 2.53. The maximum atomic E-state index is 11.6. The standard InChI is InChI=1S/C14H22N2O3/c1-10(2)8-16-14(17)9-19-13-6-11(7-15)4-5-12(13)18-3/h4-6,10H,7-9,15H2,1-3H3,(H,16,17). The molecule has 1 aromatic carbocycles. The minimum absolute atomic E-state index is 0.0307. The molecule has 0 radical (unpaired) electrons. The van der Waals surface area contributed by atoms with Crippen LogP contribution in [0.4, 0.5) is 0 Å². The normalized spacial score (nSPS) is 10.4. The summed E-state index contributed by atoms with van der Waals surface area (Å²) in [7, 11) is 1.56. The van der Waals surface area contributed by atoms with E-state index in [1.165, 1.54) is 0 Å². The van der Waals surface area contributed by atoms with Crippen molar-refractivity contribution in [3.63, 3.8) is 0 Å². The fraction of sp³-hybridized carbons (Fsp3) is 0.500. The van der Waals surface area contributed by atoms with Gasteiger partial charge in [0, 0.05) is 13.1 Å². The van der Waals surface area contributed by atoms with Crippen molar-refractivity contribution in [1.29, 1.82) is 0 Å². The third kappa shape index (κ3) is 5.18. The van der Waals surface area contributed by atoms with E-state index >= 15 is 0 Å². The molecule has 0 aliphatic heterocycles. The molecular weight excluding hydrogens is 244 g/mol. The molecule has 0 fully saturated rings. The summed E-state index contributed by atoms with van der Waals surface area (Å²) in [6, 6.07) is 5.43. The molecule has 0 unspecified atom stereocenters. The number of benzene rings is 1. The molecule has 0 heterocycles. The maximum Gasteiger partial charge on any atom is 0.257 e. The number of methoxy groups -OCH3 is 1. The Kier molecular flexibility index (Phi) is 6.15. The molecule has 1 aromatic rings. The molecule has 0 spiro atoms. The van der Waals surface area contributed by atoms with E-state index in [-0.39, 0.29) is 12.5 Å². The summed E-state index contributed by atoms with van der Waals surface area (Å²) >= 11 is 0. The quantitative estimate of drug-likeness (QED) is 0.780. The van der Waals surface area contributed by atoms with Gasteiger partial charge in [0.15, 0.2) is 18.1 Å². The van der Waals surface area contributed by atoms with Crippen LogP contribution in [0.25, 0.3) is 0 Å². The van der Waals surface area contributed by atoms with Crippen molar-refractivity contribution in [1.82, 2.24) is 5.32 Å². The molecule has 5 nitrogen and oxygen atoms in total. The third-order valence-electron chi connectivity index (χ3n) is 2.53. The van der Waals surface area contributed by atoms with E-state index in [1.807, 2.05) is 19.9 Å². The molecule has 5 heteroatoms. The van der Waals surface area contributed by atoms with Crippen LogP contribution in [0.3, 0.4) is 0 Å². The van der Waals surface area contributed by atoms with Crippen LogP contribution < -0.4 is 20.5 Å². The smallest absolute Gasteiger partial charge is 0.257 e. The Hall–Kier alpha value is -1.75. The van der Waals surface area contributed by atoms with Crippen molar-refractivity contribution in [2.45, 2.75) is 20.4 Å². The van der Waals surface area contributed by atoms with E-state index in [0.29, 0.717) is 30.5 Å². The van der Waals surface area contributed by atoms with Crippen LogP contribution in [0.2, 0.25) is 0 Å². The minimum Gasteiger partial charge on any atom is -0.493 e. The van der Waals surface area contributed by atoms with Gasteiger partial charge in [-0.3, -0.25) is 4.79 Å². The van der Waals surface area contributed by atoms with Crippen LogP contribution in [-0.4, -0.2) is 26.2 Å². The van der Waals surface area contributed by atoms with E-state index in [0.717, 1.165) is 5.56 Å². The average molecular weight is 266 g/mol. The molecular formula is C14H22N2O3. The summed E-state index contributed by atoms with van der Waals surface area (Å²) in [6.07, 6.45) is 0. The van der Waals surface area contributed by atoms with E-state index in [1.54, 1.807) is 19.2 Å². The first-order valence-electron chi connectivity index (χ1n) is 6.33. The highest BCUT2D eigenvalue weighted by molar-refractivity contribution is 5.77. The van der Waals surface area contributed by atoms with Crippen molar-refractivity contribution in [3.8, 4) is 11.5 Å². The zero-order valence-corrected chi connectivity index (χ0v) is 11.7. The summed E-state index contributed by atoms with van der Waals surface area (Å²) in [6.45, 7) is 5.10. The topological polar surface area (TPSA) is 73.6 Å². The lowest BCUT2D eigenvalue weighted by Crippen LogP contribution is -2.31. The van der Waals surface area contributed by atoms with Crippen LogP contribution in [-0.2, 0) is 11.3 Å². The molecule has 0 saturated heterocycles. The minimum atomic E-state index is -0.145. The van der Waals surface area contributed by atoms with Crippen molar-refractivity contribution in [2.24, 2.45) is 11.7 Å². The first-order chi connectivity index (χ1) is 9.06. The molecule has 0 atom stereocenters. The number of hydrogen-bond acceptors (Lipinski definition) is 4. The highest BCUT2D eigenvalue weighted by Crippen LogP contribution is 2.27.